The second-order valence-electron chi connectivity index (χ2n) is 2.50. The zero-order valence-corrected chi connectivity index (χ0v) is 10.0. The van der Waals surface area contributed by atoms with Crippen molar-refractivity contribution in [3.8, 4) is 5.75 Å². The van der Waals surface area contributed by atoms with E-state index in [1.54, 1.807) is 12.1 Å². The molecule has 0 atom stereocenters. The molecule has 0 spiro atoms. The fourth-order valence-electron chi connectivity index (χ4n) is 1.07. The largest absolute Gasteiger partial charge is 0.407 e. The number of para-hydroxylation sites is 1. The van der Waals surface area contributed by atoms with E-state index in [0.29, 0.717) is 0 Å². The Morgan fingerprint density at radius 2 is 1.80 bits per heavy atom. The minimum Gasteiger partial charge on any atom is -0.407 e. The summed E-state index contributed by atoms with van der Waals surface area (Å²) in [4.78, 5) is 0. The van der Waals surface area contributed by atoms with Gasteiger partial charge in [-0.3, -0.25) is 4.57 Å². The van der Waals surface area contributed by atoms with E-state index >= 15 is 0 Å². The van der Waals surface area contributed by atoms with Gasteiger partial charge in [-0.15, -0.1) is 0 Å². The summed E-state index contributed by atoms with van der Waals surface area (Å²) in [6.07, 6.45) is 0. The summed E-state index contributed by atoms with van der Waals surface area (Å²) in [7, 11) is -1.34. The summed E-state index contributed by atoms with van der Waals surface area (Å²) in [5.74, 6) is 0.209. The molecule has 0 amide bonds. The molecule has 15 heavy (non-hydrogen) atoms. The van der Waals surface area contributed by atoms with Gasteiger partial charge in [0, 0.05) is 14.2 Å². The molecule has 1 rings (SSSR count). The first-order chi connectivity index (χ1) is 7.18. The third-order valence-electron chi connectivity index (χ3n) is 1.78. The molecular formula is C8H10O5P2. The van der Waals surface area contributed by atoms with Gasteiger partial charge < -0.3 is 13.6 Å². The van der Waals surface area contributed by atoms with E-state index in [1.165, 1.54) is 26.4 Å². The Bertz CT molecular complexity index is 384. The van der Waals surface area contributed by atoms with Gasteiger partial charge in [0.1, 0.15) is 11.1 Å². The fraction of sp³-hybridized carbons (Fsp3) is 0.250. The Labute approximate surface area is 89.2 Å². The molecule has 1 aromatic carbocycles. The van der Waals surface area contributed by atoms with Crippen molar-refractivity contribution in [1.29, 1.82) is 0 Å². The average molecular weight is 248 g/mol. The number of hydrogen-bond donors (Lipinski definition) is 0. The van der Waals surface area contributed by atoms with Gasteiger partial charge in [0.05, 0.1) is 0 Å². The van der Waals surface area contributed by atoms with Gasteiger partial charge >= 0.3 is 16.3 Å². The molecule has 5 nitrogen and oxygen atoms in total. The van der Waals surface area contributed by atoms with E-state index in [0.717, 1.165) is 0 Å². The summed E-state index contributed by atoms with van der Waals surface area (Å²) in [6.45, 7) is 0. The summed E-state index contributed by atoms with van der Waals surface area (Å²) in [6, 6.07) is 6.40. The number of benzene rings is 1. The molecule has 0 unspecified atom stereocenters. The van der Waals surface area contributed by atoms with E-state index in [1.807, 2.05) is 0 Å². The molecule has 0 aromatic heterocycles. The maximum atomic E-state index is 12.0. The molecule has 0 fully saturated rings. The van der Waals surface area contributed by atoms with Crippen molar-refractivity contribution >= 4 is 21.6 Å². The maximum Gasteiger partial charge on any atom is 0.395 e. The molecular weight excluding hydrogens is 238 g/mol. The van der Waals surface area contributed by atoms with Gasteiger partial charge in [-0.2, -0.15) is 0 Å². The molecule has 0 aliphatic heterocycles. The molecule has 1 aromatic rings. The molecule has 0 radical (unpaired) electrons. The molecule has 0 saturated heterocycles. The first kappa shape index (κ1) is 12.3. The van der Waals surface area contributed by atoms with Crippen LogP contribution in [-0.4, -0.2) is 14.2 Å². The van der Waals surface area contributed by atoms with E-state index in [-0.39, 0.29) is 11.1 Å². The van der Waals surface area contributed by atoms with Crippen LogP contribution in [0.3, 0.4) is 0 Å². The van der Waals surface area contributed by atoms with Gasteiger partial charge in [-0.25, -0.2) is 4.57 Å². The maximum absolute atomic E-state index is 12.0. The summed E-state index contributed by atoms with van der Waals surface area (Å²) < 4.78 is 36.7. The Hall–Kier alpha value is -0.730. The van der Waals surface area contributed by atoms with E-state index in [2.05, 4.69) is 0 Å². The van der Waals surface area contributed by atoms with Crippen molar-refractivity contribution in [2.75, 3.05) is 14.2 Å². The zero-order chi connectivity index (χ0) is 11.3. The van der Waals surface area contributed by atoms with Crippen molar-refractivity contribution in [3.05, 3.63) is 24.3 Å². The lowest BCUT2D eigenvalue weighted by atomic mass is 10.3. The minimum absolute atomic E-state index is 0.209. The lowest BCUT2D eigenvalue weighted by Gasteiger charge is -2.15. The predicted molar refractivity (Wildman–Crippen MR) is 55.9 cm³/mol. The van der Waals surface area contributed by atoms with Crippen LogP contribution in [0.1, 0.15) is 0 Å². The second-order valence-corrected chi connectivity index (χ2v) is 5.03. The zero-order valence-electron chi connectivity index (χ0n) is 8.25. The summed E-state index contributed by atoms with van der Waals surface area (Å²) in [5.41, 5.74) is 0. The lowest BCUT2D eigenvalue weighted by molar-refractivity contribution is 0.287. The standard InChI is InChI=1S/C8H10O5P2/c1-11-15(10,12-2)8-6-4-3-5-7(8)13-14-9/h3-6H,1-2H3. The quantitative estimate of drug-likeness (QED) is 0.748. The summed E-state index contributed by atoms with van der Waals surface area (Å²) in [5, 5.41) is 0.248. The second kappa shape index (κ2) is 5.38. The summed E-state index contributed by atoms with van der Waals surface area (Å²) >= 11 is 0. The van der Waals surface area contributed by atoms with Crippen LogP contribution in [0.4, 0.5) is 0 Å². The van der Waals surface area contributed by atoms with Crippen LogP contribution in [0.15, 0.2) is 24.3 Å². The first-order valence-electron chi connectivity index (χ1n) is 3.98. The van der Waals surface area contributed by atoms with Crippen molar-refractivity contribution in [3.63, 3.8) is 0 Å². The van der Waals surface area contributed by atoms with Crippen LogP contribution >= 0.6 is 16.3 Å². The highest BCUT2D eigenvalue weighted by molar-refractivity contribution is 7.62. The van der Waals surface area contributed by atoms with Gasteiger partial charge in [-0.05, 0) is 12.1 Å². The van der Waals surface area contributed by atoms with Crippen LogP contribution in [0.25, 0.3) is 0 Å². The smallest absolute Gasteiger partial charge is 0.395 e. The number of hydrogen-bond acceptors (Lipinski definition) is 5. The van der Waals surface area contributed by atoms with Crippen LogP contribution in [0.2, 0.25) is 0 Å². The van der Waals surface area contributed by atoms with E-state index in [4.69, 9.17) is 13.6 Å². The highest BCUT2D eigenvalue weighted by atomic mass is 31.2. The average Bonchev–Trinajstić information content (AvgIpc) is 2.29. The van der Waals surface area contributed by atoms with Gasteiger partial charge in [-0.1, -0.05) is 12.1 Å². The highest BCUT2D eigenvalue weighted by Crippen LogP contribution is 2.47. The Balaban J connectivity index is 3.22. The third kappa shape index (κ3) is 2.64. The van der Waals surface area contributed by atoms with Gasteiger partial charge in [0.25, 0.3) is 0 Å². The Morgan fingerprint density at radius 3 is 2.33 bits per heavy atom. The molecule has 82 valence electrons. The molecule has 7 heteroatoms. The van der Waals surface area contributed by atoms with Gasteiger partial charge in [0.15, 0.2) is 0 Å². The SMILES string of the molecule is COP(=O)(OC)c1ccccc1OP=O. The fourth-order valence-corrected chi connectivity index (χ4v) is 2.58. The topological polar surface area (TPSA) is 61.8 Å². The third-order valence-corrected chi connectivity index (χ3v) is 3.97. The van der Waals surface area contributed by atoms with Crippen molar-refractivity contribution in [1.82, 2.24) is 0 Å². The first-order valence-corrected chi connectivity index (χ1v) is 6.26. The molecule has 0 N–H and O–H groups in total. The Morgan fingerprint density at radius 1 is 1.20 bits per heavy atom. The van der Waals surface area contributed by atoms with Crippen molar-refractivity contribution in [2.45, 2.75) is 0 Å². The van der Waals surface area contributed by atoms with Crippen LogP contribution in [0, 0.1) is 0 Å². The monoisotopic (exact) mass is 248 g/mol. The highest BCUT2D eigenvalue weighted by Gasteiger charge is 2.28. The number of rotatable bonds is 5. The lowest BCUT2D eigenvalue weighted by Crippen LogP contribution is -2.09. The van der Waals surface area contributed by atoms with Crippen molar-refractivity contribution in [2.24, 2.45) is 0 Å². The molecule has 0 heterocycles. The van der Waals surface area contributed by atoms with Crippen LogP contribution < -0.4 is 9.83 Å². The molecule has 0 saturated carbocycles. The van der Waals surface area contributed by atoms with Gasteiger partial charge in [0.2, 0.25) is 0 Å². The molecule has 0 aliphatic rings. The van der Waals surface area contributed by atoms with E-state index < -0.39 is 16.3 Å². The molecule has 0 bridgehead atoms. The Kier molecular flexibility index (Phi) is 4.43. The molecule has 0 aliphatic carbocycles. The van der Waals surface area contributed by atoms with Crippen LogP contribution in [-0.2, 0) is 18.2 Å². The normalized spacial score (nSPS) is 11.6. The van der Waals surface area contributed by atoms with Crippen molar-refractivity contribution < 1.29 is 22.7 Å². The minimum atomic E-state index is -3.37. The van der Waals surface area contributed by atoms with Crippen LogP contribution in [0.5, 0.6) is 5.75 Å². The van der Waals surface area contributed by atoms with E-state index in [9.17, 15) is 9.13 Å². The predicted octanol–water partition coefficient (Wildman–Crippen LogP) is 2.38.